The van der Waals surface area contributed by atoms with Crippen molar-refractivity contribution in [2.75, 3.05) is 37.5 Å². The zero-order chi connectivity index (χ0) is 13.8. The van der Waals surface area contributed by atoms with Crippen LogP contribution in [0.4, 0.5) is 5.82 Å². The molecule has 0 amide bonds. The number of hydrogen-bond donors (Lipinski definition) is 1. The number of hydrogen-bond acceptors (Lipinski definition) is 5. The molecule has 1 atom stereocenters. The summed E-state index contributed by atoms with van der Waals surface area (Å²) in [5.74, 6) is 0.922. The molecule has 0 aliphatic carbocycles. The van der Waals surface area contributed by atoms with Gasteiger partial charge in [0.25, 0.3) is 0 Å². The topological polar surface area (TPSA) is 62.3 Å². The minimum absolute atomic E-state index is 0.139. The van der Waals surface area contributed by atoms with Crippen LogP contribution in [0.15, 0.2) is 18.3 Å². The van der Waals surface area contributed by atoms with E-state index >= 15 is 0 Å². The summed E-state index contributed by atoms with van der Waals surface area (Å²) in [6, 6.07) is 4.17. The van der Waals surface area contributed by atoms with E-state index in [1.807, 2.05) is 37.3 Å². The lowest BCUT2D eigenvalue weighted by atomic mass is 10.1. The van der Waals surface area contributed by atoms with Gasteiger partial charge in [0.05, 0.1) is 5.75 Å². The van der Waals surface area contributed by atoms with Crippen LogP contribution < -0.4 is 10.2 Å². The molecule has 0 saturated heterocycles. The fourth-order valence-corrected chi connectivity index (χ4v) is 2.07. The van der Waals surface area contributed by atoms with Gasteiger partial charge in [-0.3, -0.25) is 0 Å². The summed E-state index contributed by atoms with van der Waals surface area (Å²) in [7, 11) is 0.809. The summed E-state index contributed by atoms with van der Waals surface area (Å²) in [6.45, 7) is 2.51. The monoisotopic (exact) mass is 271 g/mol. The average Bonchev–Trinajstić information content (AvgIpc) is 2.34. The Hall–Kier alpha value is -1.14. The first-order chi connectivity index (χ1) is 8.33. The SMILES string of the molecule is CNC(C)c1ccc(N(C)CCS(C)(=O)=O)nc1. The second-order valence-electron chi connectivity index (χ2n) is 4.51. The van der Waals surface area contributed by atoms with E-state index in [1.165, 1.54) is 6.26 Å². The molecule has 1 rings (SSSR count). The number of anilines is 1. The van der Waals surface area contributed by atoms with Crippen molar-refractivity contribution in [3.63, 3.8) is 0 Å². The first kappa shape index (κ1) is 14.9. The highest BCUT2D eigenvalue weighted by Gasteiger charge is 2.08. The lowest BCUT2D eigenvalue weighted by Crippen LogP contribution is -2.25. The van der Waals surface area contributed by atoms with E-state index in [0.29, 0.717) is 6.54 Å². The Labute approximate surface area is 109 Å². The predicted molar refractivity (Wildman–Crippen MR) is 74.7 cm³/mol. The molecule has 0 radical (unpaired) electrons. The van der Waals surface area contributed by atoms with Gasteiger partial charge in [0, 0.05) is 32.1 Å². The molecular formula is C12H21N3O2S. The maximum Gasteiger partial charge on any atom is 0.149 e. The van der Waals surface area contributed by atoms with E-state index in [9.17, 15) is 8.42 Å². The highest BCUT2D eigenvalue weighted by molar-refractivity contribution is 7.90. The molecule has 0 aliphatic heterocycles. The van der Waals surface area contributed by atoms with E-state index in [-0.39, 0.29) is 11.8 Å². The van der Waals surface area contributed by atoms with Crippen LogP contribution in [0.5, 0.6) is 0 Å². The number of rotatable bonds is 6. The Bertz CT molecular complexity index is 471. The second kappa shape index (κ2) is 6.15. The molecule has 1 heterocycles. The third kappa shape index (κ3) is 4.62. The van der Waals surface area contributed by atoms with Crippen molar-refractivity contribution in [3.05, 3.63) is 23.9 Å². The van der Waals surface area contributed by atoms with E-state index in [1.54, 1.807) is 0 Å². The van der Waals surface area contributed by atoms with Gasteiger partial charge in [0.1, 0.15) is 15.7 Å². The number of nitrogens with one attached hydrogen (secondary N) is 1. The molecular weight excluding hydrogens is 250 g/mol. The molecule has 5 nitrogen and oxygen atoms in total. The molecule has 1 aromatic heterocycles. The third-order valence-electron chi connectivity index (χ3n) is 2.89. The maximum atomic E-state index is 11.1. The summed E-state index contributed by atoms with van der Waals surface area (Å²) in [5, 5.41) is 3.14. The van der Waals surface area contributed by atoms with Crippen molar-refractivity contribution in [3.8, 4) is 0 Å². The minimum atomic E-state index is -2.93. The molecule has 18 heavy (non-hydrogen) atoms. The van der Waals surface area contributed by atoms with Gasteiger partial charge in [-0.25, -0.2) is 13.4 Å². The fraction of sp³-hybridized carbons (Fsp3) is 0.583. The fourth-order valence-electron chi connectivity index (χ4n) is 1.46. The van der Waals surface area contributed by atoms with E-state index < -0.39 is 9.84 Å². The van der Waals surface area contributed by atoms with Gasteiger partial charge < -0.3 is 10.2 Å². The first-order valence-corrected chi connectivity index (χ1v) is 7.91. The van der Waals surface area contributed by atoms with Gasteiger partial charge in [-0.05, 0) is 25.6 Å². The Morgan fingerprint density at radius 2 is 2.11 bits per heavy atom. The zero-order valence-electron chi connectivity index (χ0n) is 11.3. The van der Waals surface area contributed by atoms with Crippen LogP contribution in [-0.2, 0) is 9.84 Å². The highest BCUT2D eigenvalue weighted by Crippen LogP contribution is 2.14. The molecule has 1 aromatic rings. The first-order valence-electron chi connectivity index (χ1n) is 5.85. The minimum Gasteiger partial charge on any atom is -0.359 e. The van der Waals surface area contributed by atoms with Crippen molar-refractivity contribution in [1.29, 1.82) is 0 Å². The molecule has 0 spiro atoms. The smallest absolute Gasteiger partial charge is 0.149 e. The van der Waals surface area contributed by atoms with Crippen molar-refractivity contribution in [1.82, 2.24) is 10.3 Å². The van der Waals surface area contributed by atoms with Crippen molar-refractivity contribution < 1.29 is 8.42 Å². The predicted octanol–water partition coefficient (Wildman–Crippen LogP) is 0.843. The Balaban J connectivity index is 2.67. The average molecular weight is 271 g/mol. The van der Waals surface area contributed by atoms with Gasteiger partial charge >= 0.3 is 0 Å². The van der Waals surface area contributed by atoms with Gasteiger partial charge in [-0.2, -0.15) is 0 Å². The van der Waals surface area contributed by atoms with E-state index in [2.05, 4.69) is 17.2 Å². The Kier molecular flexibility index (Phi) is 5.10. The largest absolute Gasteiger partial charge is 0.359 e. The van der Waals surface area contributed by atoms with Gasteiger partial charge in [0.2, 0.25) is 0 Å². The van der Waals surface area contributed by atoms with Crippen molar-refractivity contribution in [2.24, 2.45) is 0 Å². The zero-order valence-corrected chi connectivity index (χ0v) is 12.2. The summed E-state index contributed by atoms with van der Waals surface area (Å²) < 4.78 is 22.2. The third-order valence-corrected chi connectivity index (χ3v) is 3.82. The van der Waals surface area contributed by atoms with E-state index in [0.717, 1.165) is 11.4 Å². The molecule has 102 valence electrons. The normalized spacial score (nSPS) is 13.3. The molecule has 0 fully saturated rings. The Morgan fingerprint density at radius 1 is 1.44 bits per heavy atom. The van der Waals surface area contributed by atoms with Crippen LogP contribution in [0.2, 0.25) is 0 Å². The lowest BCUT2D eigenvalue weighted by molar-refractivity contribution is 0.601. The summed E-state index contributed by atoms with van der Waals surface area (Å²) in [6.07, 6.45) is 3.05. The maximum absolute atomic E-state index is 11.1. The van der Waals surface area contributed by atoms with Crippen LogP contribution in [0.1, 0.15) is 18.5 Å². The Morgan fingerprint density at radius 3 is 2.56 bits per heavy atom. The molecule has 0 bridgehead atoms. The number of sulfone groups is 1. The molecule has 6 heteroatoms. The molecule has 0 aromatic carbocycles. The second-order valence-corrected chi connectivity index (χ2v) is 6.77. The summed E-state index contributed by atoms with van der Waals surface area (Å²) in [5.41, 5.74) is 1.11. The summed E-state index contributed by atoms with van der Waals surface area (Å²) in [4.78, 5) is 6.18. The van der Waals surface area contributed by atoms with Crippen LogP contribution in [0.25, 0.3) is 0 Å². The lowest BCUT2D eigenvalue weighted by Gasteiger charge is -2.18. The van der Waals surface area contributed by atoms with Crippen LogP contribution in [0, 0.1) is 0 Å². The standard InChI is InChI=1S/C12H21N3O2S/c1-10(13-2)11-5-6-12(14-9-11)15(3)7-8-18(4,16)17/h5-6,9-10,13H,7-8H2,1-4H3. The highest BCUT2D eigenvalue weighted by atomic mass is 32.2. The number of pyridine rings is 1. The van der Waals surface area contributed by atoms with Gasteiger partial charge in [0.15, 0.2) is 0 Å². The van der Waals surface area contributed by atoms with Gasteiger partial charge in [-0.15, -0.1) is 0 Å². The van der Waals surface area contributed by atoms with Crippen molar-refractivity contribution >= 4 is 15.7 Å². The summed E-state index contributed by atoms with van der Waals surface area (Å²) >= 11 is 0. The van der Waals surface area contributed by atoms with Crippen molar-refractivity contribution in [2.45, 2.75) is 13.0 Å². The molecule has 0 aliphatic rings. The van der Waals surface area contributed by atoms with Crippen LogP contribution >= 0.6 is 0 Å². The van der Waals surface area contributed by atoms with Crippen LogP contribution in [-0.4, -0.2) is 46.1 Å². The number of aromatic nitrogens is 1. The van der Waals surface area contributed by atoms with E-state index in [4.69, 9.17) is 0 Å². The quantitative estimate of drug-likeness (QED) is 0.831. The molecule has 1 unspecified atom stereocenters. The van der Waals surface area contributed by atoms with Crippen LogP contribution in [0.3, 0.4) is 0 Å². The molecule has 0 saturated carbocycles. The number of nitrogens with zero attached hydrogens (tertiary/aromatic N) is 2. The molecule has 1 N–H and O–H groups in total. The van der Waals surface area contributed by atoms with Gasteiger partial charge in [-0.1, -0.05) is 6.07 Å².